The Labute approximate surface area is 149 Å². The lowest BCUT2D eigenvalue weighted by molar-refractivity contribution is -0.147. The van der Waals surface area contributed by atoms with Gasteiger partial charge in [0, 0.05) is 6.42 Å². The highest BCUT2D eigenvalue weighted by molar-refractivity contribution is 5.84. The van der Waals surface area contributed by atoms with Gasteiger partial charge in [-0.2, -0.15) is 0 Å². The Morgan fingerprint density at radius 1 is 0.792 bits per heavy atom. The van der Waals surface area contributed by atoms with Crippen LogP contribution in [-0.2, 0) is 14.3 Å². The third-order valence-electron chi connectivity index (χ3n) is 4.23. The van der Waals surface area contributed by atoms with Crippen molar-refractivity contribution >= 4 is 11.9 Å². The molecule has 1 amide bonds. The summed E-state index contributed by atoms with van der Waals surface area (Å²) in [6, 6.07) is -0.544. The molecule has 24 heavy (non-hydrogen) atoms. The van der Waals surface area contributed by atoms with E-state index in [9.17, 15) is 9.59 Å². The zero-order chi connectivity index (χ0) is 18.0. The van der Waals surface area contributed by atoms with Gasteiger partial charge in [-0.25, -0.2) is 4.79 Å². The van der Waals surface area contributed by atoms with Crippen LogP contribution < -0.4 is 5.32 Å². The van der Waals surface area contributed by atoms with Crippen LogP contribution >= 0.6 is 0 Å². The highest BCUT2D eigenvalue weighted by Gasteiger charge is 2.16. The minimum Gasteiger partial charge on any atom is -0.464 e. The molecular formula is C20H39NO3. The monoisotopic (exact) mass is 341 g/mol. The molecule has 142 valence electrons. The van der Waals surface area contributed by atoms with Crippen molar-refractivity contribution in [3.63, 3.8) is 0 Å². The van der Waals surface area contributed by atoms with Crippen LogP contribution in [0.25, 0.3) is 0 Å². The summed E-state index contributed by atoms with van der Waals surface area (Å²) in [4.78, 5) is 23.6. The van der Waals surface area contributed by atoms with E-state index >= 15 is 0 Å². The molecule has 0 aromatic rings. The summed E-state index contributed by atoms with van der Waals surface area (Å²) in [5.74, 6) is -0.368. The average Bonchev–Trinajstić information content (AvgIpc) is 2.56. The number of rotatable bonds is 16. The van der Waals surface area contributed by atoms with E-state index in [1.54, 1.807) is 6.92 Å². The van der Waals surface area contributed by atoms with Crippen LogP contribution in [0.1, 0.15) is 104 Å². The molecule has 4 nitrogen and oxygen atoms in total. The average molecular weight is 342 g/mol. The minimum absolute atomic E-state index is 0.0492. The first-order chi connectivity index (χ1) is 11.6. The molecule has 1 unspecified atom stereocenters. The standard InChI is InChI=1S/C20H39NO3/c1-4-6-8-10-11-13-15-17-24-20(23)18(3)21-19(22)16-14-12-9-7-5-2/h18H,4-17H2,1-3H3,(H,21,22). The Bertz CT molecular complexity index is 318. The van der Waals surface area contributed by atoms with E-state index < -0.39 is 6.04 Å². The number of unbranched alkanes of at least 4 members (excludes halogenated alkanes) is 10. The number of esters is 1. The van der Waals surface area contributed by atoms with Crippen molar-refractivity contribution in [2.75, 3.05) is 6.61 Å². The molecule has 0 saturated carbocycles. The number of hydrogen-bond acceptors (Lipinski definition) is 3. The fourth-order valence-corrected chi connectivity index (χ4v) is 2.62. The Hall–Kier alpha value is -1.06. The van der Waals surface area contributed by atoms with E-state index in [1.165, 1.54) is 51.4 Å². The van der Waals surface area contributed by atoms with E-state index in [0.717, 1.165) is 25.7 Å². The van der Waals surface area contributed by atoms with E-state index in [4.69, 9.17) is 4.74 Å². The van der Waals surface area contributed by atoms with Crippen LogP contribution in [0.3, 0.4) is 0 Å². The number of carbonyl (C=O) groups excluding carboxylic acids is 2. The van der Waals surface area contributed by atoms with Crippen LogP contribution in [-0.4, -0.2) is 24.5 Å². The summed E-state index contributed by atoms with van der Waals surface area (Å²) in [5, 5.41) is 2.73. The molecule has 0 aliphatic carbocycles. The fourth-order valence-electron chi connectivity index (χ4n) is 2.62. The van der Waals surface area contributed by atoms with Crippen LogP contribution in [0.4, 0.5) is 0 Å². The highest BCUT2D eigenvalue weighted by Crippen LogP contribution is 2.07. The molecule has 0 aliphatic rings. The first-order valence-corrected chi connectivity index (χ1v) is 10.1. The van der Waals surface area contributed by atoms with Crippen LogP contribution in [0, 0.1) is 0 Å². The topological polar surface area (TPSA) is 55.4 Å². The second kappa shape index (κ2) is 16.8. The maximum Gasteiger partial charge on any atom is 0.328 e. The molecule has 0 spiro atoms. The molecule has 0 saturated heterocycles. The molecule has 0 heterocycles. The van der Waals surface area contributed by atoms with Gasteiger partial charge in [-0.15, -0.1) is 0 Å². The van der Waals surface area contributed by atoms with Gasteiger partial charge in [-0.1, -0.05) is 78.1 Å². The Kier molecular flexibility index (Phi) is 16.0. The summed E-state index contributed by atoms with van der Waals surface area (Å²) < 4.78 is 5.24. The van der Waals surface area contributed by atoms with E-state index in [1.807, 2.05) is 0 Å². The normalized spacial score (nSPS) is 12.0. The summed E-state index contributed by atoms with van der Waals surface area (Å²) in [6.45, 7) is 6.55. The van der Waals surface area contributed by atoms with Crippen molar-refractivity contribution in [1.29, 1.82) is 0 Å². The molecule has 0 aromatic heterocycles. The number of amides is 1. The van der Waals surface area contributed by atoms with Crippen LogP contribution in [0.5, 0.6) is 0 Å². The molecule has 0 rings (SSSR count). The van der Waals surface area contributed by atoms with Gasteiger partial charge in [0.25, 0.3) is 0 Å². The quantitative estimate of drug-likeness (QED) is 0.312. The van der Waals surface area contributed by atoms with Gasteiger partial charge in [0.05, 0.1) is 6.61 Å². The molecule has 0 bridgehead atoms. The van der Waals surface area contributed by atoms with Gasteiger partial charge < -0.3 is 10.1 Å². The van der Waals surface area contributed by atoms with Gasteiger partial charge in [0.15, 0.2) is 0 Å². The van der Waals surface area contributed by atoms with Crippen molar-refractivity contribution in [3.8, 4) is 0 Å². The van der Waals surface area contributed by atoms with Crippen molar-refractivity contribution < 1.29 is 14.3 Å². The molecule has 0 radical (unpaired) electrons. The highest BCUT2D eigenvalue weighted by atomic mass is 16.5. The van der Waals surface area contributed by atoms with E-state index in [0.29, 0.717) is 13.0 Å². The first kappa shape index (κ1) is 22.9. The molecule has 1 N–H and O–H groups in total. The Morgan fingerprint density at radius 2 is 1.29 bits per heavy atom. The van der Waals surface area contributed by atoms with Crippen LogP contribution in [0.2, 0.25) is 0 Å². The van der Waals surface area contributed by atoms with Gasteiger partial charge in [0.1, 0.15) is 6.04 Å². The van der Waals surface area contributed by atoms with Crippen molar-refractivity contribution in [2.45, 2.75) is 110 Å². The zero-order valence-electron chi connectivity index (χ0n) is 16.2. The van der Waals surface area contributed by atoms with E-state index in [-0.39, 0.29) is 11.9 Å². The molecule has 0 aliphatic heterocycles. The van der Waals surface area contributed by atoms with Gasteiger partial charge in [-0.05, 0) is 19.8 Å². The third kappa shape index (κ3) is 14.5. The van der Waals surface area contributed by atoms with Crippen molar-refractivity contribution in [3.05, 3.63) is 0 Å². The lowest BCUT2D eigenvalue weighted by Gasteiger charge is -2.13. The maximum absolute atomic E-state index is 11.8. The minimum atomic E-state index is -0.544. The predicted octanol–water partition coefficient (Wildman–Crippen LogP) is 5.15. The SMILES string of the molecule is CCCCCCCCCOC(=O)C(C)NC(=O)CCCCCCC. The smallest absolute Gasteiger partial charge is 0.328 e. The third-order valence-corrected chi connectivity index (χ3v) is 4.23. The lowest BCUT2D eigenvalue weighted by atomic mass is 10.1. The molecular weight excluding hydrogens is 302 g/mol. The number of carbonyl (C=O) groups is 2. The maximum atomic E-state index is 11.8. The van der Waals surface area contributed by atoms with Crippen LogP contribution in [0.15, 0.2) is 0 Å². The zero-order valence-corrected chi connectivity index (χ0v) is 16.2. The Balaban J connectivity index is 3.56. The molecule has 0 aromatic carbocycles. The summed E-state index contributed by atoms with van der Waals surface area (Å²) in [7, 11) is 0. The lowest BCUT2D eigenvalue weighted by Crippen LogP contribution is -2.39. The Morgan fingerprint density at radius 3 is 1.88 bits per heavy atom. The second-order valence-electron chi connectivity index (χ2n) is 6.74. The van der Waals surface area contributed by atoms with E-state index in [2.05, 4.69) is 19.2 Å². The largest absolute Gasteiger partial charge is 0.464 e. The van der Waals surface area contributed by atoms with Crippen molar-refractivity contribution in [1.82, 2.24) is 5.32 Å². The number of hydrogen-bond donors (Lipinski definition) is 1. The first-order valence-electron chi connectivity index (χ1n) is 10.1. The summed E-state index contributed by atoms with van der Waals surface area (Å²) in [5.41, 5.74) is 0. The van der Waals surface area contributed by atoms with Gasteiger partial charge >= 0.3 is 5.97 Å². The van der Waals surface area contributed by atoms with Crippen molar-refractivity contribution in [2.24, 2.45) is 0 Å². The summed E-state index contributed by atoms with van der Waals surface area (Å²) in [6.07, 6.45) is 14.5. The molecule has 4 heteroatoms. The number of nitrogens with one attached hydrogen (secondary N) is 1. The predicted molar refractivity (Wildman–Crippen MR) is 99.9 cm³/mol. The van der Waals surface area contributed by atoms with Gasteiger partial charge in [-0.3, -0.25) is 4.79 Å². The molecule has 1 atom stereocenters. The second-order valence-corrected chi connectivity index (χ2v) is 6.74. The fraction of sp³-hybridized carbons (Fsp3) is 0.900. The summed E-state index contributed by atoms with van der Waals surface area (Å²) >= 11 is 0. The molecule has 0 fully saturated rings. The van der Waals surface area contributed by atoms with Gasteiger partial charge in [0.2, 0.25) is 5.91 Å². The number of ether oxygens (including phenoxy) is 1.